The Balaban J connectivity index is 1.98. The van der Waals surface area contributed by atoms with Crippen LogP contribution in [-0.4, -0.2) is 15.6 Å². The molecule has 0 aliphatic carbocycles. The normalized spacial score (nSPS) is 12.0. The van der Waals surface area contributed by atoms with Gasteiger partial charge in [-0.3, -0.25) is 4.79 Å². The molecular formula is C31H34ClNO2S. The summed E-state index contributed by atoms with van der Waals surface area (Å²) in [6.07, 6.45) is 0.425. The summed E-state index contributed by atoms with van der Waals surface area (Å²) >= 11 is 7.90. The van der Waals surface area contributed by atoms with Gasteiger partial charge in [0.2, 0.25) is 0 Å². The Morgan fingerprint density at radius 3 is 2.22 bits per heavy atom. The molecule has 1 aromatic heterocycles. The topological polar surface area (TPSA) is 42.2 Å². The summed E-state index contributed by atoms with van der Waals surface area (Å²) in [4.78, 5) is 14.5. The zero-order valence-corrected chi connectivity index (χ0v) is 23.4. The lowest BCUT2D eigenvalue weighted by Crippen LogP contribution is -2.27. The number of hydrogen-bond acceptors (Lipinski definition) is 2. The Labute approximate surface area is 223 Å². The number of carboxylic acid groups (broad SMARTS) is 1. The first-order chi connectivity index (χ1) is 16.9. The summed E-state index contributed by atoms with van der Waals surface area (Å²) in [6, 6.07) is 21.2. The minimum Gasteiger partial charge on any atom is -0.481 e. The SMILES string of the molecule is Cc1cc(C)cc(Sc2c(CC(C)(C)C(=O)O)n(Cc3ccc(Cl)cc3)c3ccc(C(C)C)cc23)c1. The van der Waals surface area contributed by atoms with E-state index in [2.05, 4.69) is 68.7 Å². The van der Waals surface area contributed by atoms with Crippen LogP contribution in [0.3, 0.4) is 0 Å². The van der Waals surface area contributed by atoms with E-state index in [1.54, 1.807) is 11.8 Å². The number of aliphatic carboxylic acids is 1. The van der Waals surface area contributed by atoms with Gasteiger partial charge in [-0.1, -0.05) is 61.5 Å². The third-order valence-corrected chi connectivity index (χ3v) is 8.05. The van der Waals surface area contributed by atoms with Crippen molar-refractivity contribution >= 4 is 40.2 Å². The van der Waals surface area contributed by atoms with Crippen LogP contribution in [0.15, 0.2) is 70.5 Å². The van der Waals surface area contributed by atoms with Crippen LogP contribution in [0.25, 0.3) is 10.9 Å². The van der Waals surface area contributed by atoms with E-state index in [0.717, 1.165) is 21.7 Å². The number of halogens is 1. The molecule has 4 rings (SSSR count). The third kappa shape index (κ3) is 5.66. The highest BCUT2D eigenvalue weighted by Crippen LogP contribution is 2.43. The van der Waals surface area contributed by atoms with Crippen LogP contribution in [-0.2, 0) is 17.8 Å². The number of fused-ring (bicyclic) bond motifs is 1. The standard InChI is InChI=1S/C31H34ClNO2S/c1-19(2)23-9-12-27-26(16-23)29(36-25-14-20(3)13-21(4)15-25)28(17-31(5,6)30(34)35)33(27)18-22-7-10-24(32)11-8-22/h7-16,19H,17-18H2,1-6H3,(H,34,35). The number of benzene rings is 3. The van der Waals surface area contributed by atoms with Crippen LogP contribution >= 0.6 is 23.4 Å². The molecule has 0 bridgehead atoms. The molecule has 3 aromatic carbocycles. The summed E-state index contributed by atoms with van der Waals surface area (Å²) < 4.78 is 2.30. The molecule has 36 heavy (non-hydrogen) atoms. The van der Waals surface area contributed by atoms with Gasteiger partial charge >= 0.3 is 5.97 Å². The van der Waals surface area contributed by atoms with Crippen molar-refractivity contribution in [3.63, 3.8) is 0 Å². The number of carbonyl (C=O) groups is 1. The van der Waals surface area contributed by atoms with Gasteiger partial charge in [0.1, 0.15) is 0 Å². The summed E-state index contributed by atoms with van der Waals surface area (Å²) in [7, 11) is 0. The predicted molar refractivity (Wildman–Crippen MR) is 152 cm³/mol. The molecule has 0 saturated carbocycles. The molecule has 4 aromatic rings. The van der Waals surface area contributed by atoms with Crippen molar-refractivity contribution in [2.75, 3.05) is 0 Å². The van der Waals surface area contributed by atoms with Crippen LogP contribution in [0.1, 0.15) is 61.6 Å². The molecule has 3 nitrogen and oxygen atoms in total. The number of rotatable bonds is 8. The lowest BCUT2D eigenvalue weighted by molar-refractivity contribution is -0.146. The molecule has 0 amide bonds. The van der Waals surface area contributed by atoms with E-state index in [1.807, 2.05) is 38.1 Å². The van der Waals surface area contributed by atoms with Gasteiger partial charge < -0.3 is 9.67 Å². The molecule has 5 heteroatoms. The maximum atomic E-state index is 12.2. The summed E-state index contributed by atoms with van der Waals surface area (Å²) in [5.41, 5.74) is 6.11. The first kappa shape index (κ1) is 26.4. The van der Waals surface area contributed by atoms with Crippen molar-refractivity contribution in [2.24, 2.45) is 5.41 Å². The smallest absolute Gasteiger partial charge is 0.309 e. The fourth-order valence-electron chi connectivity index (χ4n) is 4.60. The second-order valence-corrected chi connectivity index (χ2v) is 12.2. The number of carboxylic acids is 1. The van der Waals surface area contributed by atoms with Crippen molar-refractivity contribution in [1.29, 1.82) is 0 Å². The van der Waals surface area contributed by atoms with E-state index < -0.39 is 11.4 Å². The third-order valence-electron chi connectivity index (χ3n) is 6.67. The fraction of sp³-hybridized carbons (Fsp3) is 0.323. The number of hydrogen-bond donors (Lipinski definition) is 1. The molecule has 0 aliphatic rings. The second kappa shape index (κ2) is 10.4. The van der Waals surface area contributed by atoms with Gasteiger partial charge in [0.25, 0.3) is 0 Å². The Morgan fingerprint density at radius 2 is 1.64 bits per heavy atom. The van der Waals surface area contributed by atoms with Gasteiger partial charge in [0.05, 0.1) is 5.41 Å². The molecule has 188 valence electrons. The molecule has 0 unspecified atom stereocenters. The molecule has 0 radical (unpaired) electrons. The van der Waals surface area contributed by atoms with E-state index >= 15 is 0 Å². The van der Waals surface area contributed by atoms with Crippen molar-refractivity contribution < 1.29 is 9.90 Å². The van der Waals surface area contributed by atoms with E-state index in [-0.39, 0.29) is 0 Å². The summed E-state index contributed by atoms with van der Waals surface area (Å²) in [5, 5.41) is 11.9. The zero-order valence-electron chi connectivity index (χ0n) is 21.9. The van der Waals surface area contributed by atoms with Gasteiger partial charge in [-0.05, 0) is 92.3 Å². The highest BCUT2D eigenvalue weighted by molar-refractivity contribution is 7.99. The summed E-state index contributed by atoms with van der Waals surface area (Å²) in [6.45, 7) is 12.9. The van der Waals surface area contributed by atoms with E-state index in [0.29, 0.717) is 23.9 Å². The molecule has 0 aliphatic heterocycles. The molecule has 0 fully saturated rings. The quantitative estimate of drug-likeness (QED) is 0.252. The van der Waals surface area contributed by atoms with Crippen molar-refractivity contribution in [3.05, 3.63) is 93.6 Å². The van der Waals surface area contributed by atoms with Crippen LogP contribution in [0.4, 0.5) is 0 Å². The van der Waals surface area contributed by atoms with E-state index in [1.165, 1.54) is 27.0 Å². The van der Waals surface area contributed by atoms with Gasteiger partial charge in [-0.2, -0.15) is 0 Å². The molecule has 1 heterocycles. The van der Waals surface area contributed by atoms with E-state index in [9.17, 15) is 9.90 Å². The Kier molecular flexibility index (Phi) is 7.59. The lowest BCUT2D eigenvalue weighted by atomic mass is 9.88. The minimum atomic E-state index is -0.912. The van der Waals surface area contributed by atoms with Gasteiger partial charge in [0, 0.05) is 44.4 Å². The van der Waals surface area contributed by atoms with Gasteiger partial charge in [-0.25, -0.2) is 0 Å². The van der Waals surface area contributed by atoms with Gasteiger partial charge in [-0.15, -0.1) is 0 Å². The van der Waals surface area contributed by atoms with Crippen molar-refractivity contribution in [3.8, 4) is 0 Å². The molecule has 0 atom stereocenters. The highest BCUT2D eigenvalue weighted by Gasteiger charge is 2.32. The average molecular weight is 520 g/mol. The fourth-order valence-corrected chi connectivity index (χ4v) is 6.02. The zero-order chi connectivity index (χ0) is 26.2. The van der Waals surface area contributed by atoms with Crippen LogP contribution in [0.2, 0.25) is 5.02 Å². The maximum absolute atomic E-state index is 12.2. The first-order valence-corrected chi connectivity index (χ1v) is 13.5. The predicted octanol–water partition coefficient (Wildman–Crippen LogP) is 8.89. The Hall–Kier alpha value is -2.69. The first-order valence-electron chi connectivity index (χ1n) is 12.3. The highest BCUT2D eigenvalue weighted by atomic mass is 35.5. The average Bonchev–Trinajstić information content (AvgIpc) is 3.05. The summed E-state index contributed by atoms with van der Waals surface area (Å²) in [5.74, 6) is -0.400. The maximum Gasteiger partial charge on any atom is 0.309 e. The Morgan fingerprint density at radius 1 is 1.00 bits per heavy atom. The molecular weight excluding hydrogens is 486 g/mol. The Bertz CT molecular complexity index is 1400. The second-order valence-electron chi connectivity index (χ2n) is 10.7. The lowest BCUT2D eigenvalue weighted by Gasteiger charge is -2.22. The van der Waals surface area contributed by atoms with Crippen LogP contribution < -0.4 is 0 Å². The number of aromatic nitrogens is 1. The van der Waals surface area contributed by atoms with Crippen molar-refractivity contribution in [2.45, 2.75) is 70.2 Å². The van der Waals surface area contributed by atoms with Crippen molar-refractivity contribution in [1.82, 2.24) is 4.57 Å². The van der Waals surface area contributed by atoms with Gasteiger partial charge in [0.15, 0.2) is 0 Å². The molecule has 0 spiro atoms. The monoisotopic (exact) mass is 519 g/mol. The number of nitrogens with zero attached hydrogens (tertiary/aromatic N) is 1. The van der Waals surface area contributed by atoms with Crippen LogP contribution in [0.5, 0.6) is 0 Å². The minimum absolute atomic E-state index is 0.395. The number of aryl methyl sites for hydroxylation is 2. The molecule has 1 N–H and O–H groups in total. The van der Waals surface area contributed by atoms with E-state index in [4.69, 9.17) is 11.6 Å². The molecule has 0 saturated heterocycles. The largest absolute Gasteiger partial charge is 0.481 e. The van der Waals surface area contributed by atoms with Crippen LogP contribution in [0, 0.1) is 19.3 Å².